The third kappa shape index (κ3) is 19.7. The van der Waals surface area contributed by atoms with Gasteiger partial charge in [0.05, 0.1) is 13.7 Å². The summed E-state index contributed by atoms with van der Waals surface area (Å²) >= 11 is 0. The highest BCUT2D eigenvalue weighted by molar-refractivity contribution is 4.81. The van der Waals surface area contributed by atoms with Crippen LogP contribution < -0.4 is 0 Å². The van der Waals surface area contributed by atoms with Crippen LogP contribution in [-0.2, 0) is 4.74 Å². The van der Waals surface area contributed by atoms with E-state index in [2.05, 4.69) is 26.2 Å². The molecule has 0 aliphatic carbocycles. The molecule has 0 fully saturated rings. The van der Waals surface area contributed by atoms with Gasteiger partial charge in [0.2, 0.25) is 0 Å². The predicted octanol–water partition coefficient (Wildman–Crippen LogP) is 7.22. The van der Waals surface area contributed by atoms with Crippen LogP contribution in [0.1, 0.15) is 103 Å². The van der Waals surface area contributed by atoms with Gasteiger partial charge in [0.1, 0.15) is 0 Å². The summed E-state index contributed by atoms with van der Waals surface area (Å²) in [6.45, 7) is 2.94. The Labute approximate surface area is 134 Å². The van der Waals surface area contributed by atoms with Crippen LogP contribution in [0.3, 0.4) is 0 Å². The Kier molecular flexibility index (Phi) is 19.4. The summed E-state index contributed by atoms with van der Waals surface area (Å²) in [5.41, 5.74) is 0. The Morgan fingerprint density at radius 3 is 1.48 bits per heavy atom. The van der Waals surface area contributed by atoms with E-state index < -0.39 is 0 Å². The summed E-state index contributed by atoms with van der Waals surface area (Å²) in [6, 6.07) is 0. The molecule has 0 aromatic heterocycles. The van der Waals surface area contributed by atoms with Crippen LogP contribution in [-0.4, -0.2) is 6.61 Å². The van der Waals surface area contributed by atoms with E-state index in [1.807, 2.05) is 0 Å². The second-order valence-corrected chi connectivity index (χ2v) is 6.23. The molecule has 0 N–H and O–H groups in total. The Bertz CT molecular complexity index is 198. The van der Waals surface area contributed by atoms with Crippen LogP contribution in [0.2, 0.25) is 0 Å². The Morgan fingerprint density at radius 1 is 0.619 bits per heavy atom. The van der Waals surface area contributed by atoms with Crippen LogP contribution >= 0.6 is 0 Å². The van der Waals surface area contributed by atoms with Gasteiger partial charge in [-0.15, -0.1) is 0 Å². The average Bonchev–Trinajstić information content (AvgIpc) is 2.50. The highest BCUT2D eigenvalue weighted by atomic mass is 16.5. The maximum absolute atomic E-state index is 4.73. The molecule has 0 rings (SSSR count). The number of hydrogen-bond acceptors (Lipinski definition) is 1. The summed E-state index contributed by atoms with van der Waals surface area (Å²) < 4.78 is 4.73. The Balaban J connectivity index is 2.96. The van der Waals surface area contributed by atoms with Gasteiger partial charge in [0.15, 0.2) is 0 Å². The molecule has 0 amide bonds. The third-order valence-corrected chi connectivity index (χ3v) is 4.11. The van der Waals surface area contributed by atoms with E-state index in [9.17, 15) is 0 Å². The van der Waals surface area contributed by atoms with Gasteiger partial charge in [-0.05, 0) is 12.8 Å². The Morgan fingerprint density at radius 2 is 1.05 bits per heavy atom. The average molecular weight is 296 g/mol. The summed E-state index contributed by atoms with van der Waals surface area (Å²) in [7, 11) is 3.35. The molecule has 0 spiro atoms. The summed E-state index contributed by atoms with van der Waals surface area (Å²) in [5.74, 6) is 0. The first kappa shape index (κ1) is 20.7. The zero-order valence-electron chi connectivity index (χ0n) is 14.6. The van der Waals surface area contributed by atoms with Gasteiger partial charge in [-0.3, -0.25) is 0 Å². The zero-order valence-corrected chi connectivity index (χ0v) is 14.6. The van der Waals surface area contributed by atoms with E-state index in [1.165, 1.54) is 96.3 Å². The number of rotatable bonds is 17. The molecule has 1 heteroatoms. The maximum Gasteiger partial charge on any atom is 0.0704 e. The molecule has 0 atom stereocenters. The van der Waals surface area contributed by atoms with Crippen molar-refractivity contribution in [2.75, 3.05) is 6.61 Å². The number of ether oxygens (including phenoxy) is 1. The smallest absolute Gasteiger partial charge is 0.0704 e. The largest absolute Gasteiger partial charge is 0.375 e. The standard InChI is InChI=1S/C20H39O/c1-3-4-5-6-7-8-9-10-11-12-13-14-15-16-17-18-19-20-21-2/h18-19H,2-17,20H2,1H3/b19-18+. The highest BCUT2D eigenvalue weighted by Gasteiger charge is 1.93. The number of unbranched alkanes of at least 4 members (excludes halogenated alkanes) is 14. The van der Waals surface area contributed by atoms with Crippen LogP contribution in [0.4, 0.5) is 0 Å². The first-order chi connectivity index (χ1) is 10.4. The second-order valence-electron chi connectivity index (χ2n) is 6.23. The van der Waals surface area contributed by atoms with Crippen LogP contribution in [0.5, 0.6) is 0 Å². The van der Waals surface area contributed by atoms with Gasteiger partial charge in [0.25, 0.3) is 0 Å². The molecule has 1 radical (unpaired) electrons. The molecule has 0 aliphatic rings. The van der Waals surface area contributed by atoms with Crippen molar-refractivity contribution < 1.29 is 4.74 Å². The van der Waals surface area contributed by atoms with Gasteiger partial charge < -0.3 is 4.74 Å². The fourth-order valence-electron chi connectivity index (χ4n) is 2.71. The first-order valence-electron chi connectivity index (χ1n) is 9.43. The van der Waals surface area contributed by atoms with Crippen molar-refractivity contribution in [3.8, 4) is 0 Å². The summed E-state index contributed by atoms with van der Waals surface area (Å²) in [5, 5.41) is 0. The molecule has 1 nitrogen and oxygen atoms in total. The fourth-order valence-corrected chi connectivity index (χ4v) is 2.71. The molecule has 0 aromatic rings. The third-order valence-electron chi connectivity index (χ3n) is 4.11. The summed E-state index contributed by atoms with van der Waals surface area (Å²) in [4.78, 5) is 0. The van der Waals surface area contributed by atoms with Gasteiger partial charge in [-0.25, -0.2) is 0 Å². The van der Waals surface area contributed by atoms with Crippen molar-refractivity contribution in [1.29, 1.82) is 0 Å². The van der Waals surface area contributed by atoms with Crippen molar-refractivity contribution in [2.24, 2.45) is 0 Å². The lowest BCUT2D eigenvalue weighted by atomic mass is 10.0. The van der Waals surface area contributed by atoms with E-state index in [-0.39, 0.29) is 0 Å². The van der Waals surface area contributed by atoms with Crippen LogP contribution in [0, 0.1) is 7.11 Å². The lowest BCUT2D eigenvalue weighted by Crippen LogP contribution is -1.83. The van der Waals surface area contributed by atoms with Gasteiger partial charge in [-0.2, -0.15) is 0 Å². The molecule has 125 valence electrons. The SMILES string of the molecule is [CH2]OC/C=C/CCCCCCCCCCCCCCCC. The maximum atomic E-state index is 4.73. The van der Waals surface area contributed by atoms with E-state index in [4.69, 9.17) is 4.74 Å². The molecule has 0 heterocycles. The molecule has 0 unspecified atom stereocenters. The van der Waals surface area contributed by atoms with Crippen molar-refractivity contribution in [3.05, 3.63) is 19.3 Å². The van der Waals surface area contributed by atoms with Gasteiger partial charge in [0, 0.05) is 0 Å². The lowest BCUT2D eigenvalue weighted by molar-refractivity contribution is 0.281. The topological polar surface area (TPSA) is 9.23 Å². The predicted molar refractivity (Wildman–Crippen MR) is 95.4 cm³/mol. The summed E-state index contributed by atoms with van der Waals surface area (Å²) in [6.07, 6.45) is 25.5. The minimum Gasteiger partial charge on any atom is -0.375 e. The number of hydrogen-bond donors (Lipinski definition) is 0. The highest BCUT2D eigenvalue weighted by Crippen LogP contribution is 2.13. The van der Waals surface area contributed by atoms with E-state index in [0.717, 1.165) is 0 Å². The monoisotopic (exact) mass is 295 g/mol. The van der Waals surface area contributed by atoms with E-state index >= 15 is 0 Å². The van der Waals surface area contributed by atoms with E-state index in [1.54, 1.807) is 0 Å². The quantitative estimate of drug-likeness (QED) is 0.203. The van der Waals surface area contributed by atoms with Gasteiger partial charge >= 0.3 is 0 Å². The van der Waals surface area contributed by atoms with Crippen molar-refractivity contribution in [2.45, 2.75) is 103 Å². The van der Waals surface area contributed by atoms with E-state index in [0.29, 0.717) is 6.61 Å². The Hall–Kier alpha value is -0.300. The molecule has 21 heavy (non-hydrogen) atoms. The molecule has 0 saturated carbocycles. The second kappa shape index (κ2) is 19.7. The van der Waals surface area contributed by atoms with Crippen molar-refractivity contribution >= 4 is 0 Å². The normalized spacial score (nSPS) is 11.5. The van der Waals surface area contributed by atoms with Crippen LogP contribution in [0.15, 0.2) is 12.2 Å². The molecular weight excluding hydrogens is 256 g/mol. The van der Waals surface area contributed by atoms with Crippen molar-refractivity contribution in [1.82, 2.24) is 0 Å². The zero-order chi connectivity index (χ0) is 15.4. The lowest BCUT2D eigenvalue weighted by Gasteiger charge is -2.02. The first-order valence-corrected chi connectivity index (χ1v) is 9.43. The minimum absolute atomic E-state index is 0.651. The minimum atomic E-state index is 0.651. The molecular formula is C20H39O. The molecule has 0 saturated heterocycles. The van der Waals surface area contributed by atoms with Crippen LogP contribution in [0.25, 0.3) is 0 Å². The molecule has 0 aromatic carbocycles. The molecule has 0 aliphatic heterocycles. The number of allylic oxidation sites excluding steroid dienone is 1. The molecule has 0 bridgehead atoms. The van der Waals surface area contributed by atoms with Gasteiger partial charge in [-0.1, -0.05) is 103 Å². The van der Waals surface area contributed by atoms with Crippen molar-refractivity contribution in [3.63, 3.8) is 0 Å². The fraction of sp³-hybridized carbons (Fsp3) is 0.850.